The molecule has 2 fully saturated rings. The van der Waals surface area contributed by atoms with Gasteiger partial charge < -0.3 is 10.0 Å². The third-order valence-electron chi connectivity index (χ3n) is 3.97. The lowest BCUT2D eigenvalue weighted by atomic mass is 10.1. The number of nitrogens with zero attached hydrogens (tertiary/aromatic N) is 3. The molecule has 0 bridgehead atoms. The zero-order chi connectivity index (χ0) is 12.5. The molecule has 0 aromatic carbocycles. The highest BCUT2D eigenvalue weighted by atomic mass is 19.1. The monoisotopic (exact) mass is 251 g/mol. The van der Waals surface area contributed by atoms with Gasteiger partial charge in [0.1, 0.15) is 11.6 Å². The van der Waals surface area contributed by atoms with Gasteiger partial charge >= 0.3 is 0 Å². The van der Waals surface area contributed by atoms with Gasteiger partial charge in [0.2, 0.25) is 0 Å². The third-order valence-corrected chi connectivity index (χ3v) is 3.97. The van der Waals surface area contributed by atoms with Crippen LogP contribution in [-0.2, 0) is 6.61 Å². The van der Waals surface area contributed by atoms with Crippen molar-refractivity contribution in [1.82, 2.24) is 9.88 Å². The van der Waals surface area contributed by atoms with Crippen LogP contribution in [0.3, 0.4) is 0 Å². The number of anilines is 1. The Hall–Kier alpha value is -1.20. The fraction of sp³-hybridized carbons (Fsp3) is 0.615. The molecule has 3 heterocycles. The van der Waals surface area contributed by atoms with E-state index in [0.717, 1.165) is 25.5 Å². The first-order chi connectivity index (χ1) is 8.78. The SMILES string of the molecule is OCc1cc(F)cnc1N1CCN2CCCC2C1. The van der Waals surface area contributed by atoms with Crippen LogP contribution in [0.2, 0.25) is 0 Å². The quantitative estimate of drug-likeness (QED) is 0.851. The van der Waals surface area contributed by atoms with Crippen LogP contribution in [0.15, 0.2) is 12.3 Å². The predicted octanol–water partition coefficient (Wildman–Crippen LogP) is 0.997. The second-order valence-corrected chi connectivity index (χ2v) is 5.07. The van der Waals surface area contributed by atoms with Gasteiger partial charge in [-0.15, -0.1) is 0 Å². The van der Waals surface area contributed by atoms with Gasteiger partial charge in [0.05, 0.1) is 12.8 Å². The minimum Gasteiger partial charge on any atom is -0.392 e. The molecule has 3 rings (SSSR count). The average Bonchev–Trinajstić information content (AvgIpc) is 2.85. The number of hydrogen-bond acceptors (Lipinski definition) is 4. The number of halogens is 1. The van der Waals surface area contributed by atoms with Crippen LogP contribution < -0.4 is 4.90 Å². The van der Waals surface area contributed by atoms with Crippen molar-refractivity contribution < 1.29 is 9.50 Å². The maximum atomic E-state index is 13.1. The number of pyridine rings is 1. The maximum absolute atomic E-state index is 13.1. The zero-order valence-electron chi connectivity index (χ0n) is 10.3. The first-order valence-corrected chi connectivity index (χ1v) is 6.52. The Balaban J connectivity index is 1.82. The van der Waals surface area contributed by atoms with Crippen molar-refractivity contribution in [3.8, 4) is 0 Å². The van der Waals surface area contributed by atoms with Crippen LogP contribution in [0.25, 0.3) is 0 Å². The zero-order valence-corrected chi connectivity index (χ0v) is 10.3. The molecule has 98 valence electrons. The molecule has 1 aromatic rings. The van der Waals surface area contributed by atoms with Gasteiger partial charge in [0.15, 0.2) is 0 Å². The Bertz CT molecular complexity index is 440. The topological polar surface area (TPSA) is 39.6 Å². The van der Waals surface area contributed by atoms with E-state index in [1.165, 1.54) is 31.6 Å². The Kier molecular flexibility index (Phi) is 3.18. The second-order valence-electron chi connectivity index (χ2n) is 5.07. The number of aromatic nitrogens is 1. The van der Waals surface area contributed by atoms with E-state index in [1.807, 2.05) is 0 Å². The van der Waals surface area contributed by atoms with Gasteiger partial charge in [-0.3, -0.25) is 4.90 Å². The highest BCUT2D eigenvalue weighted by Crippen LogP contribution is 2.26. The van der Waals surface area contributed by atoms with Crippen molar-refractivity contribution in [1.29, 1.82) is 0 Å². The number of rotatable bonds is 2. The number of aliphatic hydroxyl groups is 1. The molecule has 1 atom stereocenters. The Morgan fingerprint density at radius 1 is 1.39 bits per heavy atom. The van der Waals surface area contributed by atoms with Crippen molar-refractivity contribution in [3.05, 3.63) is 23.6 Å². The van der Waals surface area contributed by atoms with Crippen LogP contribution in [-0.4, -0.2) is 47.2 Å². The lowest BCUT2D eigenvalue weighted by Gasteiger charge is -2.38. The Morgan fingerprint density at radius 2 is 2.28 bits per heavy atom. The van der Waals surface area contributed by atoms with E-state index >= 15 is 0 Å². The molecule has 0 aliphatic carbocycles. The summed E-state index contributed by atoms with van der Waals surface area (Å²) < 4.78 is 13.1. The second kappa shape index (κ2) is 4.82. The molecule has 0 radical (unpaired) electrons. The van der Waals surface area contributed by atoms with Crippen molar-refractivity contribution in [3.63, 3.8) is 0 Å². The van der Waals surface area contributed by atoms with Crippen molar-refractivity contribution in [2.45, 2.75) is 25.5 Å². The van der Waals surface area contributed by atoms with E-state index in [2.05, 4.69) is 14.8 Å². The molecule has 1 aromatic heterocycles. The van der Waals surface area contributed by atoms with E-state index < -0.39 is 0 Å². The lowest BCUT2D eigenvalue weighted by molar-refractivity contribution is 0.229. The predicted molar refractivity (Wildman–Crippen MR) is 66.9 cm³/mol. The van der Waals surface area contributed by atoms with Crippen molar-refractivity contribution in [2.75, 3.05) is 31.1 Å². The van der Waals surface area contributed by atoms with Crippen LogP contribution in [0.4, 0.5) is 10.2 Å². The lowest BCUT2D eigenvalue weighted by Crippen LogP contribution is -2.50. The first-order valence-electron chi connectivity index (χ1n) is 6.52. The van der Waals surface area contributed by atoms with Crippen LogP contribution >= 0.6 is 0 Å². The van der Waals surface area contributed by atoms with Crippen molar-refractivity contribution >= 4 is 5.82 Å². The summed E-state index contributed by atoms with van der Waals surface area (Å²) in [6.45, 7) is 3.91. The standard InChI is InChI=1S/C13H18FN3O/c14-11-6-10(9-18)13(15-7-11)17-5-4-16-3-1-2-12(16)8-17/h6-7,12,18H,1-5,8-9H2. The Labute approximate surface area is 106 Å². The van der Waals surface area contributed by atoms with Crippen molar-refractivity contribution in [2.24, 2.45) is 0 Å². The number of aliphatic hydroxyl groups excluding tert-OH is 1. The fourth-order valence-electron chi connectivity index (χ4n) is 3.06. The Morgan fingerprint density at radius 3 is 3.11 bits per heavy atom. The molecule has 5 heteroatoms. The van der Waals surface area contributed by atoms with Gasteiger partial charge in [-0.25, -0.2) is 9.37 Å². The maximum Gasteiger partial charge on any atom is 0.142 e. The third kappa shape index (κ3) is 2.08. The number of piperazine rings is 1. The summed E-state index contributed by atoms with van der Waals surface area (Å²) in [7, 11) is 0. The van der Waals surface area contributed by atoms with Gasteiger partial charge in [0, 0.05) is 31.2 Å². The molecule has 1 N–H and O–H groups in total. The van der Waals surface area contributed by atoms with Crippen LogP contribution in [0, 0.1) is 5.82 Å². The molecule has 2 aliphatic rings. The summed E-state index contributed by atoms with van der Waals surface area (Å²) in [6, 6.07) is 1.97. The number of fused-ring (bicyclic) bond motifs is 1. The molecule has 0 saturated carbocycles. The van der Waals surface area contributed by atoms with Gasteiger partial charge in [-0.2, -0.15) is 0 Å². The first kappa shape index (κ1) is 11.9. The molecule has 2 aliphatic heterocycles. The minimum absolute atomic E-state index is 0.162. The average molecular weight is 251 g/mol. The summed E-state index contributed by atoms with van der Waals surface area (Å²) in [5.74, 6) is 0.354. The smallest absolute Gasteiger partial charge is 0.142 e. The van der Waals surface area contributed by atoms with Gasteiger partial charge in [-0.05, 0) is 25.5 Å². The molecule has 18 heavy (non-hydrogen) atoms. The fourth-order valence-corrected chi connectivity index (χ4v) is 3.06. The summed E-state index contributed by atoms with van der Waals surface area (Å²) in [5.41, 5.74) is 0.585. The molecule has 0 spiro atoms. The van der Waals surface area contributed by atoms with E-state index in [4.69, 9.17) is 0 Å². The van der Waals surface area contributed by atoms with Crippen LogP contribution in [0.1, 0.15) is 18.4 Å². The van der Waals surface area contributed by atoms with E-state index in [1.54, 1.807) is 0 Å². The molecule has 1 unspecified atom stereocenters. The van der Waals surface area contributed by atoms with Gasteiger partial charge in [0.25, 0.3) is 0 Å². The van der Waals surface area contributed by atoms with E-state index in [-0.39, 0.29) is 12.4 Å². The van der Waals surface area contributed by atoms with Gasteiger partial charge in [-0.1, -0.05) is 0 Å². The molecular weight excluding hydrogens is 233 g/mol. The molecule has 2 saturated heterocycles. The van der Waals surface area contributed by atoms with E-state index in [9.17, 15) is 9.50 Å². The highest BCUT2D eigenvalue weighted by Gasteiger charge is 2.31. The largest absolute Gasteiger partial charge is 0.392 e. The highest BCUT2D eigenvalue weighted by molar-refractivity contribution is 5.47. The summed E-state index contributed by atoms with van der Waals surface area (Å²) >= 11 is 0. The van der Waals surface area contributed by atoms with E-state index in [0.29, 0.717) is 11.6 Å². The molecule has 4 nitrogen and oxygen atoms in total. The molecular formula is C13H18FN3O. The minimum atomic E-state index is -0.387. The summed E-state index contributed by atoms with van der Waals surface area (Å²) in [5, 5.41) is 9.32. The molecule has 0 amide bonds. The summed E-state index contributed by atoms with van der Waals surface area (Å²) in [6.07, 6.45) is 3.73. The summed E-state index contributed by atoms with van der Waals surface area (Å²) in [4.78, 5) is 8.85. The normalized spacial score (nSPS) is 24.3. The van der Waals surface area contributed by atoms with Crippen LogP contribution in [0.5, 0.6) is 0 Å². The number of hydrogen-bond donors (Lipinski definition) is 1.